The van der Waals surface area contributed by atoms with Crippen molar-refractivity contribution in [1.29, 1.82) is 5.26 Å². The second kappa shape index (κ2) is 10.4. The van der Waals surface area contributed by atoms with Crippen LogP contribution in [-0.2, 0) is 4.74 Å². The number of piperazine rings is 1. The molecule has 2 aliphatic carbocycles. The number of hydrogen-bond donors (Lipinski definition) is 0. The quantitative estimate of drug-likeness (QED) is 0.175. The maximum atomic E-state index is 12.9. The molecule has 186 valence electrons. The van der Waals surface area contributed by atoms with Crippen molar-refractivity contribution >= 4 is 29.1 Å². The number of halogens is 1. The van der Waals surface area contributed by atoms with Crippen LogP contribution in [0.15, 0.2) is 41.6 Å². The lowest BCUT2D eigenvalue weighted by Crippen LogP contribution is -2.58. The van der Waals surface area contributed by atoms with Crippen molar-refractivity contribution in [3.8, 4) is 6.07 Å². The minimum atomic E-state index is -0.536. The number of allylic oxidation sites excluding steroid dienone is 2. The summed E-state index contributed by atoms with van der Waals surface area (Å²) in [7, 11) is 0. The Balaban J connectivity index is 1.58. The number of pyridine rings is 1. The minimum absolute atomic E-state index is 0.0480. The molecule has 1 aromatic rings. The van der Waals surface area contributed by atoms with Crippen molar-refractivity contribution in [1.82, 2.24) is 14.8 Å². The second-order valence-corrected chi connectivity index (χ2v) is 11.1. The highest BCUT2D eigenvalue weighted by Gasteiger charge is 2.43. The van der Waals surface area contributed by atoms with Gasteiger partial charge in [-0.05, 0) is 87.6 Å². The van der Waals surface area contributed by atoms with Crippen LogP contribution in [0, 0.1) is 23.2 Å². The Morgan fingerprint density at radius 3 is 2.69 bits per heavy atom. The van der Waals surface area contributed by atoms with E-state index >= 15 is 0 Å². The van der Waals surface area contributed by atoms with Crippen molar-refractivity contribution < 1.29 is 9.53 Å². The van der Waals surface area contributed by atoms with Gasteiger partial charge in [0.05, 0.1) is 11.6 Å². The van der Waals surface area contributed by atoms with Crippen LogP contribution in [0.1, 0.15) is 52.0 Å². The highest BCUT2D eigenvalue weighted by Crippen LogP contribution is 2.38. The van der Waals surface area contributed by atoms with Crippen LogP contribution in [0.5, 0.6) is 0 Å². The fraction of sp³-hybridized carbons (Fsp3) is 0.556. The second-order valence-electron chi connectivity index (χ2n) is 10.7. The molecule has 0 aromatic carbocycles. The lowest BCUT2D eigenvalue weighted by atomic mass is 10.0. The Kier molecular flexibility index (Phi) is 7.51. The van der Waals surface area contributed by atoms with E-state index in [0.717, 1.165) is 18.4 Å². The standard InChI is InChI=1S/C27H34ClN5O2/c1-18(21-9-10-30-24(28)14-21)13-22(15-29)25(31-16-19-5-6-19)32-11-12-33(23(17-32)20-7-8-20)26(34)35-27(2,3)4/h9-10,13-14,19-20,23H,1,5-8,11-12,16-17H2,2-4H3/b22-13-,31-25+. The van der Waals surface area contributed by atoms with Gasteiger partial charge < -0.3 is 14.5 Å². The van der Waals surface area contributed by atoms with Gasteiger partial charge in [-0.3, -0.25) is 4.99 Å². The zero-order valence-corrected chi connectivity index (χ0v) is 21.6. The first-order chi connectivity index (χ1) is 16.6. The molecule has 1 aromatic heterocycles. The molecule has 0 radical (unpaired) electrons. The van der Waals surface area contributed by atoms with E-state index < -0.39 is 5.60 Å². The maximum Gasteiger partial charge on any atom is 0.410 e. The Hall–Kier alpha value is -2.85. The van der Waals surface area contributed by atoms with Gasteiger partial charge in [-0.15, -0.1) is 0 Å². The monoisotopic (exact) mass is 495 g/mol. The SMILES string of the molecule is C=C(/C=C(C#N)\C(=N/CC1CC1)N1CCN(C(=O)OC(C)(C)C)C(C2CC2)C1)c1ccnc(Cl)c1. The number of rotatable bonds is 6. The molecule has 1 unspecified atom stereocenters. The van der Waals surface area contributed by atoms with Crippen molar-refractivity contribution in [3.63, 3.8) is 0 Å². The molecule has 2 saturated carbocycles. The molecule has 1 amide bonds. The molecule has 4 rings (SSSR count). The van der Waals surface area contributed by atoms with E-state index in [2.05, 4.69) is 22.5 Å². The molecule has 7 nitrogen and oxygen atoms in total. The molecular weight excluding hydrogens is 462 g/mol. The highest BCUT2D eigenvalue weighted by atomic mass is 35.5. The van der Waals surface area contributed by atoms with Gasteiger partial charge in [0.15, 0.2) is 0 Å². The lowest BCUT2D eigenvalue weighted by molar-refractivity contribution is 0.00206. The molecule has 0 bridgehead atoms. The number of carbonyl (C=O) groups is 1. The van der Waals surface area contributed by atoms with Crippen molar-refractivity contribution in [3.05, 3.63) is 47.3 Å². The van der Waals surface area contributed by atoms with Gasteiger partial charge in [-0.25, -0.2) is 9.78 Å². The minimum Gasteiger partial charge on any atom is -0.444 e. The van der Waals surface area contributed by atoms with E-state index in [-0.39, 0.29) is 12.1 Å². The molecule has 0 N–H and O–H groups in total. The fourth-order valence-electron chi connectivity index (χ4n) is 4.31. The summed E-state index contributed by atoms with van der Waals surface area (Å²) in [6.07, 6.45) is 7.72. The number of carbonyl (C=O) groups excluding carboxylic acids is 1. The van der Waals surface area contributed by atoms with Crippen molar-refractivity contribution in [2.45, 2.75) is 58.1 Å². The van der Waals surface area contributed by atoms with Gasteiger partial charge in [0.1, 0.15) is 22.7 Å². The smallest absolute Gasteiger partial charge is 0.410 e. The fourth-order valence-corrected chi connectivity index (χ4v) is 4.49. The molecule has 2 heterocycles. The molecule has 1 atom stereocenters. The van der Waals surface area contributed by atoms with Gasteiger partial charge in [0.25, 0.3) is 0 Å². The summed E-state index contributed by atoms with van der Waals surface area (Å²) < 4.78 is 5.70. The number of amidine groups is 1. The predicted octanol–water partition coefficient (Wildman–Crippen LogP) is 5.34. The third-order valence-corrected chi connectivity index (χ3v) is 6.69. The molecular formula is C27H34ClN5O2. The predicted molar refractivity (Wildman–Crippen MR) is 138 cm³/mol. The normalized spacial score (nSPS) is 21.5. The number of hydrogen-bond acceptors (Lipinski definition) is 5. The van der Waals surface area contributed by atoms with Gasteiger partial charge in [0, 0.05) is 32.4 Å². The van der Waals surface area contributed by atoms with E-state index in [4.69, 9.17) is 21.3 Å². The highest BCUT2D eigenvalue weighted by molar-refractivity contribution is 6.29. The van der Waals surface area contributed by atoms with E-state index in [0.29, 0.717) is 60.1 Å². The maximum absolute atomic E-state index is 12.9. The van der Waals surface area contributed by atoms with Crippen LogP contribution in [0.25, 0.3) is 5.57 Å². The van der Waals surface area contributed by atoms with Gasteiger partial charge in [-0.1, -0.05) is 18.2 Å². The van der Waals surface area contributed by atoms with E-state index in [9.17, 15) is 10.1 Å². The zero-order chi connectivity index (χ0) is 25.2. The number of nitriles is 1. The Bertz CT molecular complexity index is 1080. The average molecular weight is 496 g/mol. The summed E-state index contributed by atoms with van der Waals surface area (Å²) in [5.41, 5.74) is 1.43. The van der Waals surface area contributed by atoms with Crippen LogP contribution in [-0.4, -0.2) is 64.5 Å². The number of nitrogens with zero attached hydrogens (tertiary/aromatic N) is 5. The van der Waals surface area contributed by atoms with Crippen LogP contribution in [0.2, 0.25) is 5.15 Å². The third kappa shape index (κ3) is 6.85. The van der Waals surface area contributed by atoms with E-state index in [1.54, 1.807) is 18.3 Å². The van der Waals surface area contributed by atoms with Gasteiger partial charge in [-0.2, -0.15) is 5.26 Å². The molecule has 1 aliphatic heterocycles. The molecule has 1 saturated heterocycles. The summed E-state index contributed by atoms with van der Waals surface area (Å²) in [4.78, 5) is 25.9. The topological polar surface area (TPSA) is 81.8 Å². The molecule has 35 heavy (non-hydrogen) atoms. The van der Waals surface area contributed by atoms with Gasteiger partial charge >= 0.3 is 6.09 Å². The summed E-state index contributed by atoms with van der Waals surface area (Å²) in [5.74, 6) is 1.74. The van der Waals surface area contributed by atoms with Crippen LogP contribution < -0.4 is 0 Å². The van der Waals surface area contributed by atoms with Crippen LogP contribution >= 0.6 is 11.6 Å². The summed E-state index contributed by atoms with van der Waals surface area (Å²) in [5, 5.41) is 10.5. The first-order valence-corrected chi connectivity index (χ1v) is 12.7. The van der Waals surface area contributed by atoms with Crippen molar-refractivity contribution in [2.24, 2.45) is 16.8 Å². The summed E-state index contributed by atoms with van der Waals surface area (Å²) in [6, 6.07) is 5.96. The van der Waals surface area contributed by atoms with Gasteiger partial charge in [0.2, 0.25) is 0 Å². The van der Waals surface area contributed by atoms with Crippen molar-refractivity contribution in [2.75, 3.05) is 26.2 Å². The van der Waals surface area contributed by atoms with Crippen LogP contribution in [0.4, 0.5) is 4.79 Å². The Morgan fingerprint density at radius 1 is 1.34 bits per heavy atom. The van der Waals surface area contributed by atoms with E-state index in [1.165, 1.54) is 12.8 Å². The number of amides is 1. The number of ether oxygens (including phenoxy) is 1. The third-order valence-electron chi connectivity index (χ3n) is 6.49. The molecule has 0 spiro atoms. The first-order valence-electron chi connectivity index (χ1n) is 12.4. The van der Waals surface area contributed by atoms with Crippen LogP contribution in [0.3, 0.4) is 0 Å². The lowest BCUT2D eigenvalue weighted by Gasteiger charge is -2.43. The Morgan fingerprint density at radius 2 is 2.09 bits per heavy atom. The zero-order valence-electron chi connectivity index (χ0n) is 20.8. The van der Waals surface area contributed by atoms with E-state index in [1.807, 2.05) is 31.7 Å². The Labute approximate surface area is 213 Å². The average Bonchev–Trinajstić information content (AvgIpc) is 3.71. The number of aliphatic imine (C=N–C) groups is 1. The largest absolute Gasteiger partial charge is 0.444 e. The summed E-state index contributed by atoms with van der Waals surface area (Å²) in [6.45, 7) is 12.3. The summed E-state index contributed by atoms with van der Waals surface area (Å²) >= 11 is 6.05. The molecule has 3 aliphatic rings. The number of aromatic nitrogens is 1. The molecule has 3 fully saturated rings. The first kappa shape index (κ1) is 25.2. The molecule has 8 heteroatoms.